The Bertz CT molecular complexity index is 448. The highest BCUT2D eigenvalue weighted by Crippen LogP contribution is 2.27. The van der Waals surface area contributed by atoms with Crippen molar-refractivity contribution < 1.29 is 0 Å². The van der Waals surface area contributed by atoms with Crippen LogP contribution in [-0.2, 0) is 6.54 Å². The molecule has 118 valence electrons. The SMILES string of the molecule is CCCC1CCN(c2ccc(Cl)c(CNCC(C)C)n2)C1. The third-order valence-electron chi connectivity index (χ3n) is 4.06. The first-order valence-electron chi connectivity index (χ1n) is 8.21. The van der Waals surface area contributed by atoms with Gasteiger partial charge in [0.15, 0.2) is 0 Å². The molecule has 2 rings (SSSR count). The van der Waals surface area contributed by atoms with Gasteiger partial charge in [0, 0.05) is 19.6 Å². The maximum atomic E-state index is 6.28. The number of aromatic nitrogens is 1. The molecule has 3 nitrogen and oxygen atoms in total. The van der Waals surface area contributed by atoms with Crippen molar-refractivity contribution in [2.75, 3.05) is 24.5 Å². The lowest BCUT2D eigenvalue weighted by molar-refractivity contribution is 0.529. The largest absolute Gasteiger partial charge is 0.356 e. The van der Waals surface area contributed by atoms with Crippen LogP contribution in [0.5, 0.6) is 0 Å². The number of hydrogen-bond acceptors (Lipinski definition) is 3. The molecular formula is C17H28ClN3. The standard InChI is InChI=1S/C17H28ClN3/c1-4-5-14-8-9-21(12-14)17-7-6-15(18)16(20-17)11-19-10-13(2)3/h6-7,13-14,19H,4-5,8-12H2,1-3H3. The van der Waals surface area contributed by atoms with Crippen molar-refractivity contribution in [3.63, 3.8) is 0 Å². The molecule has 21 heavy (non-hydrogen) atoms. The molecule has 0 spiro atoms. The molecule has 1 aromatic rings. The normalized spacial score (nSPS) is 18.7. The summed E-state index contributed by atoms with van der Waals surface area (Å²) in [7, 11) is 0. The fourth-order valence-electron chi connectivity index (χ4n) is 2.94. The van der Waals surface area contributed by atoms with E-state index in [-0.39, 0.29) is 0 Å². The molecular weight excluding hydrogens is 282 g/mol. The van der Waals surface area contributed by atoms with Crippen molar-refractivity contribution >= 4 is 17.4 Å². The molecule has 1 aliphatic rings. The average molecular weight is 310 g/mol. The summed E-state index contributed by atoms with van der Waals surface area (Å²) in [5.41, 5.74) is 0.966. The zero-order valence-corrected chi connectivity index (χ0v) is 14.3. The number of halogens is 1. The third kappa shape index (κ3) is 4.86. The van der Waals surface area contributed by atoms with Crippen molar-refractivity contribution in [2.45, 2.75) is 46.6 Å². The number of anilines is 1. The average Bonchev–Trinajstić information content (AvgIpc) is 2.89. The molecule has 2 heterocycles. The van der Waals surface area contributed by atoms with Crippen LogP contribution in [-0.4, -0.2) is 24.6 Å². The Morgan fingerprint density at radius 3 is 2.95 bits per heavy atom. The van der Waals surface area contributed by atoms with E-state index >= 15 is 0 Å². The first kappa shape index (κ1) is 16.6. The van der Waals surface area contributed by atoms with E-state index in [4.69, 9.17) is 16.6 Å². The Kier molecular flexibility index (Phi) is 6.31. The second kappa shape index (κ2) is 8.00. The predicted octanol–water partition coefficient (Wildman–Crippen LogP) is 4.11. The number of rotatable bonds is 7. The summed E-state index contributed by atoms with van der Waals surface area (Å²) < 4.78 is 0. The summed E-state index contributed by atoms with van der Waals surface area (Å²) in [6.45, 7) is 10.7. The summed E-state index contributed by atoms with van der Waals surface area (Å²) in [4.78, 5) is 7.18. The van der Waals surface area contributed by atoms with Crippen LogP contribution >= 0.6 is 11.6 Å². The van der Waals surface area contributed by atoms with Crippen LogP contribution in [0.15, 0.2) is 12.1 Å². The molecule has 1 N–H and O–H groups in total. The van der Waals surface area contributed by atoms with Crippen molar-refractivity contribution in [1.82, 2.24) is 10.3 Å². The topological polar surface area (TPSA) is 28.2 Å². The molecule has 1 atom stereocenters. The monoisotopic (exact) mass is 309 g/mol. The van der Waals surface area contributed by atoms with Crippen LogP contribution in [0.4, 0.5) is 5.82 Å². The van der Waals surface area contributed by atoms with Gasteiger partial charge >= 0.3 is 0 Å². The first-order valence-corrected chi connectivity index (χ1v) is 8.59. The fourth-order valence-corrected chi connectivity index (χ4v) is 3.11. The zero-order valence-electron chi connectivity index (χ0n) is 13.5. The summed E-state index contributed by atoms with van der Waals surface area (Å²) in [5, 5.41) is 4.19. The molecule has 0 bridgehead atoms. The molecule has 0 aromatic carbocycles. The fraction of sp³-hybridized carbons (Fsp3) is 0.706. The third-order valence-corrected chi connectivity index (χ3v) is 4.40. The summed E-state index contributed by atoms with van der Waals surface area (Å²) in [6, 6.07) is 4.05. The maximum absolute atomic E-state index is 6.28. The van der Waals surface area contributed by atoms with Gasteiger partial charge in [-0.2, -0.15) is 0 Å². The quantitative estimate of drug-likeness (QED) is 0.821. The summed E-state index contributed by atoms with van der Waals surface area (Å²) >= 11 is 6.28. The van der Waals surface area contributed by atoms with Crippen LogP contribution in [0, 0.1) is 11.8 Å². The van der Waals surface area contributed by atoms with E-state index in [2.05, 4.69) is 37.1 Å². The van der Waals surface area contributed by atoms with Gasteiger partial charge in [0.25, 0.3) is 0 Å². The number of hydrogen-bond donors (Lipinski definition) is 1. The summed E-state index contributed by atoms with van der Waals surface area (Å²) in [5.74, 6) is 2.55. The number of nitrogens with one attached hydrogen (secondary N) is 1. The smallest absolute Gasteiger partial charge is 0.128 e. The van der Waals surface area contributed by atoms with E-state index in [0.717, 1.165) is 48.6 Å². The van der Waals surface area contributed by atoms with Gasteiger partial charge < -0.3 is 10.2 Å². The second-order valence-corrected chi connectivity index (χ2v) is 6.92. The molecule has 4 heteroatoms. The van der Waals surface area contributed by atoms with Gasteiger partial charge in [0.1, 0.15) is 5.82 Å². The van der Waals surface area contributed by atoms with Gasteiger partial charge in [-0.1, -0.05) is 38.8 Å². The molecule has 1 fully saturated rings. The van der Waals surface area contributed by atoms with Crippen molar-refractivity contribution in [3.8, 4) is 0 Å². The molecule has 1 aliphatic heterocycles. The van der Waals surface area contributed by atoms with Crippen LogP contribution in [0.3, 0.4) is 0 Å². The van der Waals surface area contributed by atoms with Gasteiger partial charge in [-0.15, -0.1) is 0 Å². The van der Waals surface area contributed by atoms with E-state index in [1.54, 1.807) is 0 Å². The molecule has 0 amide bonds. The van der Waals surface area contributed by atoms with Gasteiger partial charge in [-0.25, -0.2) is 4.98 Å². The number of pyridine rings is 1. The summed E-state index contributed by atoms with van der Waals surface area (Å²) in [6.07, 6.45) is 3.89. The highest BCUT2D eigenvalue weighted by molar-refractivity contribution is 6.31. The molecule has 1 unspecified atom stereocenters. The van der Waals surface area contributed by atoms with Gasteiger partial charge in [-0.3, -0.25) is 0 Å². The Morgan fingerprint density at radius 2 is 2.24 bits per heavy atom. The lowest BCUT2D eigenvalue weighted by Crippen LogP contribution is -2.23. The van der Waals surface area contributed by atoms with Crippen molar-refractivity contribution in [2.24, 2.45) is 11.8 Å². The van der Waals surface area contributed by atoms with E-state index in [1.807, 2.05) is 6.07 Å². The second-order valence-electron chi connectivity index (χ2n) is 6.51. The first-order chi connectivity index (χ1) is 10.1. The maximum Gasteiger partial charge on any atom is 0.128 e. The van der Waals surface area contributed by atoms with Gasteiger partial charge in [-0.05, 0) is 43.4 Å². The molecule has 0 radical (unpaired) electrons. The van der Waals surface area contributed by atoms with Crippen molar-refractivity contribution in [1.29, 1.82) is 0 Å². The highest BCUT2D eigenvalue weighted by Gasteiger charge is 2.23. The highest BCUT2D eigenvalue weighted by atomic mass is 35.5. The van der Waals surface area contributed by atoms with Crippen LogP contribution in [0.1, 0.15) is 45.7 Å². The Hall–Kier alpha value is -0.800. The Labute approximate surface area is 134 Å². The number of nitrogens with zero attached hydrogens (tertiary/aromatic N) is 2. The van der Waals surface area contributed by atoms with Crippen molar-refractivity contribution in [3.05, 3.63) is 22.8 Å². The van der Waals surface area contributed by atoms with Crippen LogP contribution in [0.2, 0.25) is 5.02 Å². The van der Waals surface area contributed by atoms with Crippen LogP contribution in [0.25, 0.3) is 0 Å². The van der Waals surface area contributed by atoms with E-state index in [1.165, 1.54) is 19.3 Å². The molecule has 0 aliphatic carbocycles. The zero-order chi connectivity index (χ0) is 15.2. The molecule has 1 saturated heterocycles. The van der Waals surface area contributed by atoms with E-state index in [0.29, 0.717) is 5.92 Å². The lowest BCUT2D eigenvalue weighted by Gasteiger charge is -2.19. The minimum atomic E-state index is 0.639. The lowest BCUT2D eigenvalue weighted by atomic mass is 10.0. The molecule has 0 saturated carbocycles. The van der Waals surface area contributed by atoms with Gasteiger partial charge in [0.2, 0.25) is 0 Å². The van der Waals surface area contributed by atoms with Crippen LogP contribution < -0.4 is 10.2 Å². The minimum Gasteiger partial charge on any atom is -0.356 e. The Morgan fingerprint density at radius 1 is 1.43 bits per heavy atom. The predicted molar refractivity (Wildman–Crippen MR) is 91.0 cm³/mol. The van der Waals surface area contributed by atoms with E-state index < -0.39 is 0 Å². The minimum absolute atomic E-state index is 0.639. The van der Waals surface area contributed by atoms with E-state index in [9.17, 15) is 0 Å². The molecule has 1 aromatic heterocycles. The van der Waals surface area contributed by atoms with Gasteiger partial charge in [0.05, 0.1) is 10.7 Å². The Balaban J connectivity index is 1.98.